The van der Waals surface area contributed by atoms with Gasteiger partial charge in [-0.2, -0.15) is 13.2 Å². The van der Waals surface area contributed by atoms with Crippen LogP contribution >= 0.6 is 0 Å². The second kappa shape index (κ2) is 15.6. The van der Waals surface area contributed by atoms with Crippen LogP contribution < -0.4 is 9.64 Å². The van der Waals surface area contributed by atoms with E-state index in [4.69, 9.17) is 9.47 Å². The monoisotopic (exact) mass is 693 g/mol. The second-order valence-corrected chi connectivity index (χ2v) is 13.6. The SMILES string of the molecule is CCC1(C)Oc2cc(C(F)(F)F)c(C(=O)N(C(C)C)C3CCCCC3)cc2N(CCN(Cc2ccccc2)C(=O)OCc2ccccc2)C1=O. The number of carbonyl (C=O) groups excluding carboxylic acids is 3. The molecule has 0 saturated heterocycles. The summed E-state index contributed by atoms with van der Waals surface area (Å²) >= 11 is 0. The van der Waals surface area contributed by atoms with Crippen molar-refractivity contribution in [1.29, 1.82) is 0 Å². The van der Waals surface area contributed by atoms with Crippen molar-refractivity contribution >= 4 is 23.6 Å². The van der Waals surface area contributed by atoms with E-state index in [9.17, 15) is 27.6 Å². The van der Waals surface area contributed by atoms with Crippen molar-refractivity contribution < 1.29 is 37.0 Å². The molecule has 1 atom stereocenters. The van der Waals surface area contributed by atoms with E-state index in [1.807, 2.05) is 74.5 Å². The Bertz CT molecular complexity index is 1640. The summed E-state index contributed by atoms with van der Waals surface area (Å²) in [7, 11) is 0. The van der Waals surface area contributed by atoms with Crippen LogP contribution in [0.1, 0.15) is 93.3 Å². The molecule has 8 nitrogen and oxygen atoms in total. The average Bonchev–Trinajstić information content (AvgIpc) is 3.10. The Morgan fingerprint density at radius 3 is 2.18 bits per heavy atom. The number of ether oxygens (including phenoxy) is 2. The lowest BCUT2D eigenvalue weighted by Crippen LogP contribution is -2.56. The van der Waals surface area contributed by atoms with Gasteiger partial charge < -0.3 is 24.2 Å². The zero-order valence-electron chi connectivity index (χ0n) is 29.2. The van der Waals surface area contributed by atoms with Crippen LogP contribution in [0.15, 0.2) is 72.8 Å². The summed E-state index contributed by atoms with van der Waals surface area (Å²) in [5, 5.41) is 0. The van der Waals surface area contributed by atoms with Crippen LogP contribution in [-0.2, 0) is 28.9 Å². The summed E-state index contributed by atoms with van der Waals surface area (Å²) in [5.41, 5.74) is -1.41. The van der Waals surface area contributed by atoms with Gasteiger partial charge in [0.2, 0.25) is 0 Å². The van der Waals surface area contributed by atoms with Gasteiger partial charge in [-0.3, -0.25) is 9.59 Å². The Labute approximate surface area is 292 Å². The average molecular weight is 694 g/mol. The van der Waals surface area contributed by atoms with Crippen LogP contribution in [0.25, 0.3) is 0 Å². The van der Waals surface area contributed by atoms with Gasteiger partial charge in [0, 0.05) is 31.7 Å². The van der Waals surface area contributed by atoms with Crippen molar-refractivity contribution in [2.24, 2.45) is 0 Å². The van der Waals surface area contributed by atoms with Crippen molar-refractivity contribution in [3.05, 3.63) is 95.1 Å². The number of anilines is 1. The van der Waals surface area contributed by atoms with Crippen molar-refractivity contribution in [3.63, 3.8) is 0 Å². The second-order valence-electron chi connectivity index (χ2n) is 13.6. The number of amides is 3. The van der Waals surface area contributed by atoms with Gasteiger partial charge in [0.25, 0.3) is 11.8 Å². The summed E-state index contributed by atoms with van der Waals surface area (Å²) < 4.78 is 55.8. The molecule has 3 aromatic rings. The van der Waals surface area contributed by atoms with Gasteiger partial charge >= 0.3 is 12.3 Å². The van der Waals surface area contributed by atoms with Crippen LogP contribution in [-0.4, -0.2) is 58.5 Å². The summed E-state index contributed by atoms with van der Waals surface area (Å²) in [4.78, 5) is 46.1. The largest absolute Gasteiger partial charge is 0.476 e. The molecule has 11 heteroatoms. The van der Waals surface area contributed by atoms with Gasteiger partial charge in [0.1, 0.15) is 12.4 Å². The number of rotatable bonds is 11. The van der Waals surface area contributed by atoms with E-state index in [1.165, 1.54) is 16.7 Å². The molecule has 0 N–H and O–H groups in total. The van der Waals surface area contributed by atoms with Crippen molar-refractivity contribution in [2.75, 3.05) is 18.0 Å². The van der Waals surface area contributed by atoms with Gasteiger partial charge in [0.05, 0.1) is 16.8 Å². The fourth-order valence-corrected chi connectivity index (χ4v) is 6.79. The van der Waals surface area contributed by atoms with Gasteiger partial charge in [-0.05, 0) is 63.3 Å². The van der Waals surface area contributed by atoms with Gasteiger partial charge in [-0.15, -0.1) is 0 Å². The fourth-order valence-electron chi connectivity index (χ4n) is 6.79. The van der Waals surface area contributed by atoms with Crippen LogP contribution in [0.2, 0.25) is 0 Å². The molecule has 5 rings (SSSR count). The highest BCUT2D eigenvalue weighted by atomic mass is 19.4. The lowest BCUT2D eigenvalue weighted by Gasteiger charge is -2.42. The zero-order valence-corrected chi connectivity index (χ0v) is 29.2. The van der Waals surface area contributed by atoms with Gasteiger partial charge in [0.15, 0.2) is 5.60 Å². The maximum atomic E-state index is 14.7. The number of hydrogen-bond donors (Lipinski definition) is 0. The topological polar surface area (TPSA) is 79.4 Å². The van der Waals surface area contributed by atoms with Crippen molar-refractivity contribution in [3.8, 4) is 5.75 Å². The molecule has 0 spiro atoms. The Kier molecular flexibility index (Phi) is 11.4. The quantitative estimate of drug-likeness (QED) is 0.201. The number of benzene rings is 3. The highest BCUT2D eigenvalue weighted by Gasteiger charge is 2.47. The van der Waals surface area contributed by atoms with E-state index < -0.39 is 40.8 Å². The third-order valence-corrected chi connectivity index (χ3v) is 9.67. The number of fused-ring (bicyclic) bond motifs is 1. The highest BCUT2D eigenvalue weighted by Crippen LogP contribution is 2.45. The first-order valence-electron chi connectivity index (χ1n) is 17.4. The molecule has 1 saturated carbocycles. The molecule has 1 heterocycles. The summed E-state index contributed by atoms with van der Waals surface area (Å²) in [6, 6.07) is 20.0. The van der Waals surface area contributed by atoms with Crippen LogP contribution in [0.3, 0.4) is 0 Å². The summed E-state index contributed by atoms with van der Waals surface area (Å²) in [6.07, 6.45) is -1.03. The first kappa shape index (κ1) is 36.7. The molecule has 1 unspecified atom stereocenters. The Morgan fingerprint density at radius 2 is 1.60 bits per heavy atom. The summed E-state index contributed by atoms with van der Waals surface area (Å²) in [5.74, 6) is -1.35. The minimum atomic E-state index is -4.86. The molecule has 3 amide bonds. The van der Waals surface area contributed by atoms with E-state index in [2.05, 4.69) is 0 Å². The zero-order chi connectivity index (χ0) is 36.1. The molecule has 50 heavy (non-hydrogen) atoms. The molecule has 0 radical (unpaired) electrons. The number of alkyl halides is 3. The van der Waals surface area contributed by atoms with Crippen LogP contribution in [0.5, 0.6) is 5.75 Å². The smallest absolute Gasteiger partial charge is 0.417 e. The molecule has 3 aromatic carbocycles. The molecule has 1 fully saturated rings. The number of nitrogens with zero attached hydrogens (tertiary/aromatic N) is 3. The first-order chi connectivity index (χ1) is 23.8. The molecule has 1 aliphatic heterocycles. The number of halogens is 3. The van der Waals surface area contributed by atoms with E-state index in [0.29, 0.717) is 0 Å². The van der Waals surface area contributed by atoms with E-state index in [-0.39, 0.29) is 56.2 Å². The van der Waals surface area contributed by atoms with E-state index in [0.717, 1.165) is 55.4 Å². The number of hydrogen-bond acceptors (Lipinski definition) is 5. The Balaban J connectivity index is 1.51. The molecule has 1 aliphatic carbocycles. The highest BCUT2D eigenvalue weighted by molar-refractivity contribution is 6.05. The first-order valence-corrected chi connectivity index (χ1v) is 17.4. The van der Waals surface area contributed by atoms with Gasteiger partial charge in [-0.25, -0.2) is 4.79 Å². The maximum Gasteiger partial charge on any atom is 0.417 e. The van der Waals surface area contributed by atoms with Crippen LogP contribution in [0.4, 0.5) is 23.7 Å². The standard InChI is InChI=1S/C39H46F3N3O5/c1-5-38(4)36(47)44(22-21-43(25-28-15-9-6-10-16-28)37(48)49-26-29-17-11-7-12-18-29)33-23-31(32(39(40,41)42)24-34(33)50-38)35(46)45(27(2)3)30-19-13-8-14-20-30/h6-7,9-12,15-18,23-24,27,30H,5,8,13-14,19-22,25-26H2,1-4H3. The molecule has 0 aromatic heterocycles. The predicted octanol–water partition coefficient (Wildman–Crippen LogP) is 8.62. The Hall–Kier alpha value is -4.54. The normalized spacial score (nSPS) is 18.0. The van der Waals surface area contributed by atoms with E-state index in [1.54, 1.807) is 11.8 Å². The molecule has 268 valence electrons. The third-order valence-electron chi connectivity index (χ3n) is 9.67. The number of carbonyl (C=O) groups is 3. The lowest BCUT2D eigenvalue weighted by atomic mass is 9.91. The van der Waals surface area contributed by atoms with E-state index >= 15 is 0 Å². The minimum absolute atomic E-state index is 0.00200. The minimum Gasteiger partial charge on any atom is -0.476 e. The van der Waals surface area contributed by atoms with Crippen molar-refractivity contribution in [1.82, 2.24) is 9.80 Å². The van der Waals surface area contributed by atoms with Crippen LogP contribution in [0, 0.1) is 0 Å². The molecular formula is C39H46F3N3O5. The summed E-state index contributed by atoms with van der Waals surface area (Å²) in [6.45, 7) is 7.01. The van der Waals surface area contributed by atoms with Crippen molar-refractivity contribution in [2.45, 2.75) is 103 Å². The molecule has 0 bridgehead atoms. The van der Waals surface area contributed by atoms with Gasteiger partial charge in [-0.1, -0.05) is 86.8 Å². The predicted molar refractivity (Wildman–Crippen MR) is 185 cm³/mol. The lowest BCUT2D eigenvalue weighted by molar-refractivity contribution is -0.138. The fraction of sp³-hybridized carbons (Fsp3) is 0.462. The third kappa shape index (κ3) is 8.25. The molecule has 2 aliphatic rings. The molecular weight excluding hydrogens is 647 g/mol. The Morgan fingerprint density at radius 1 is 0.980 bits per heavy atom. The maximum absolute atomic E-state index is 14.7.